The summed E-state index contributed by atoms with van der Waals surface area (Å²) in [7, 11) is 3.25. The minimum Gasteiger partial charge on any atom is -0.493 e. The maximum atomic E-state index is 6.56. The minimum atomic E-state index is -0.172. The Balaban J connectivity index is 2.27. The van der Waals surface area contributed by atoms with Gasteiger partial charge in [-0.2, -0.15) is 0 Å². The monoisotopic (exact) mass is 354 g/mol. The van der Waals surface area contributed by atoms with Gasteiger partial charge in [-0.15, -0.1) is 11.6 Å². The molecule has 2 aromatic rings. The number of hydrogen-bond donors (Lipinski definition) is 0. The molecule has 0 aliphatic carbocycles. The van der Waals surface area contributed by atoms with E-state index < -0.39 is 0 Å². The molecule has 0 N–H and O–H groups in total. The zero-order chi connectivity index (χ0) is 14.5. The summed E-state index contributed by atoms with van der Waals surface area (Å²) in [6.45, 7) is 0. The molecule has 4 heteroatoms. The summed E-state index contributed by atoms with van der Waals surface area (Å²) in [5, 5.41) is -0.172. The van der Waals surface area contributed by atoms with E-state index in [0.29, 0.717) is 11.5 Å². The number of para-hydroxylation sites is 1. The molecule has 0 amide bonds. The lowest BCUT2D eigenvalue weighted by atomic mass is 10.0. The molecule has 106 valence electrons. The van der Waals surface area contributed by atoms with Gasteiger partial charge in [-0.1, -0.05) is 40.2 Å². The van der Waals surface area contributed by atoms with Crippen LogP contribution < -0.4 is 9.47 Å². The zero-order valence-electron chi connectivity index (χ0n) is 11.4. The van der Waals surface area contributed by atoms with Crippen LogP contribution in [-0.2, 0) is 6.42 Å². The minimum absolute atomic E-state index is 0.172. The lowest BCUT2D eigenvalue weighted by molar-refractivity contribution is 0.351. The Bertz CT molecular complexity index is 586. The van der Waals surface area contributed by atoms with Crippen molar-refractivity contribution in [3.8, 4) is 11.5 Å². The second-order valence-corrected chi connectivity index (χ2v) is 5.83. The molecule has 20 heavy (non-hydrogen) atoms. The Morgan fingerprint density at radius 2 is 1.85 bits per heavy atom. The van der Waals surface area contributed by atoms with Crippen molar-refractivity contribution in [1.82, 2.24) is 0 Å². The van der Waals surface area contributed by atoms with Crippen LogP contribution in [0, 0.1) is 0 Å². The Hall–Kier alpha value is -1.19. The van der Waals surface area contributed by atoms with Crippen molar-refractivity contribution >= 4 is 27.5 Å². The highest BCUT2D eigenvalue weighted by molar-refractivity contribution is 9.10. The Morgan fingerprint density at radius 1 is 1.10 bits per heavy atom. The molecule has 0 saturated heterocycles. The van der Waals surface area contributed by atoms with E-state index in [0.717, 1.165) is 16.5 Å². The first kappa shape index (κ1) is 15.2. The second-order valence-electron chi connectivity index (χ2n) is 4.38. The first-order valence-corrected chi connectivity index (χ1v) is 7.48. The van der Waals surface area contributed by atoms with Gasteiger partial charge in [0.15, 0.2) is 11.5 Å². The number of alkyl halides is 1. The van der Waals surface area contributed by atoms with E-state index in [2.05, 4.69) is 28.1 Å². The molecule has 0 fully saturated rings. The first-order chi connectivity index (χ1) is 9.65. The molecule has 0 aromatic heterocycles. The quantitative estimate of drug-likeness (QED) is 0.704. The third kappa shape index (κ3) is 3.47. The average molecular weight is 356 g/mol. The van der Waals surface area contributed by atoms with E-state index in [9.17, 15) is 0 Å². The predicted octanol–water partition coefficient (Wildman–Crippen LogP) is 4.99. The molecule has 0 aliphatic rings. The van der Waals surface area contributed by atoms with Gasteiger partial charge in [0, 0.05) is 10.0 Å². The van der Waals surface area contributed by atoms with Crippen LogP contribution in [0.15, 0.2) is 46.9 Å². The molecule has 2 rings (SSSR count). The van der Waals surface area contributed by atoms with Crippen molar-refractivity contribution in [3.63, 3.8) is 0 Å². The van der Waals surface area contributed by atoms with Crippen molar-refractivity contribution in [1.29, 1.82) is 0 Å². The van der Waals surface area contributed by atoms with Crippen LogP contribution in [-0.4, -0.2) is 14.2 Å². The average Bonchev–Trinajstić information content (AvgIpc) is 2.46. The Kier molecular flexibility index (Phi) is 5.32. The number of benzene rings is 2. The van der Waals surface area contributed by atoms with Crippen molar-refractivity contribution in [2.24, 2.45) is 0 Å². The summed E-state index contributed by atoms with van der Waals surface area (Å²) >= 11 is 10.0. The zero-order valence-corrected chi connectivity index (χ0v) is 13.7. The van der Waals surface area contributed by atoms with E-state index in [4.69, 9.17) is 21.1 Å². The van der Waals surface area contributed by atoms with Crippen LogP contribution in [0.4, 0.5) is 0 Å². The van der Waals surface area contributed by atoms with E-state index in [-0.39, 0.29) is 5.38 Å². The fraction of sp³-hybridized carbons (Fsp3) is 0.250. The Morgan fingerprint density at radius 3 is 2.50 bits per heavy atom. The van der Waals surface area contributed by atoms with Gasteiger partial charge in [-0.25, -0.2) is 0 Å². The molecule has 0 heterocycles. The largest absolute Gasteiger partial charge is 0.493 e. The molecule has 1 atom stereocenters. The van der Waals surface area contributed by atoms with E-state index in [1.165, 1.54) is 5.56 Å². The number of halogens is 2. The molecule has 0 spiro atoms. The van der Waals surface area contributed by atoms with Gasteiger partial charge in [0.1, 0.15) is 0 Å². The summed E-state index contributed by atoms with van der Waals surface area (Å²) in [6.07, 6.45) is 0.727. The molecular formula is C16H16BrClO2. The van der Waals surface area contributed by atoms with Gasteiger partial charge >= 0.3 is 0 Å². The fourth-order valence-corrected chi connectivity index (χ4v) is 2.94. The topological polar surface area (TPSA) is 18.5 Å². The van der Waals surface area contributed by atoms with Crippen LogP contribution in [0.2, 0.25) is 0 Å². The van der Waals surface area contributed by atoms with Crippen molar-refractivity contribution in [2.75, 3.05) is 14.2 Å². The Labute approximate surface area is 132 Å². The number of hydrogen-bond acceptors (Lipinski definition) is 2. The van der Waals surface area contributed by atoms with E-state index in [1.54, 1.807) is 14.2 Å². The van der Waals surface area contributed by atoms with Gasteiger partial charge in [-0.3, -0.25) is 0 Å². The van der Waals surface area contributed by atoms with E-state index >= 15 is 0 Å². The van der Waals surface area contributed by atoms with Crippen LogP contribution in [0.1, 0.15) is 16.5 Å². The van der Waals surface area contributed by atoms with Gasteiger partial charge in [0.25, 0.3) is 0 Å². The van der Waals surface area contributed by atoms with Crippen LogP contribution in [0.5, 0.6) is 11.5 Å². The van der Waals surface area contributed by atoms with Crippen LogP contribution >= 0.6 is 27.5 Å². The third-order valence-electron chi connectivity index (χ3n) is 3.07. The smallest absolute Gasteiger partial charge is 0.165 e. The number of ether oxygens (including phenoxy) is 2. The van der Waals surface area contributed by atoms with Gasteiger partial charge in [-0.05, 0) is 30.2 Å². The SMILES string of the molecule is COc1cccc(C(Cl)Cc2cccc(Br)c2)c1OC. The number of rotatable bonds is 5. The highest BCUT2D eigenvalue weighted by Gasteiger charge is 2.17. The van der Waals surface area contributed by atoms with Gasteiger partial charge in [0.05, 0.1) is 19.6 Å². The molecule has 2 aromatic carbocycles. The van der Waals surface area contributed by atoms with Gasteiger partial charge in [0.2, 0.25) is 0 Å². The molecule has 1 unspecified atom stereocenters. The lowest BCUT2D eigenvalue weighted by Gasteiger charge is -2.16. The first-order valence-electron chi connectivity index (χ1n) is 6.25. The predicted molar refractivity (Wildman–Crippen MR) is 86.0 cm³/mol. The summed E-state index contributed by atoms with van der Waals surface area (Å²) in [5.41, 5.74) is 2.11. The van der Waals surface area contributed by atoms with Gasteiger partial charge < -0.3 is 9.47 Å². The highest BCUT2D eigenvalue weighted by atomic mass is 79.9. The van der Waals surface area contributed by atoms with Crippen LogP contribution in [0.3, 0.4) is 0 Å². The third-order valence-corrected chi connectivity index (χ3v) is 3.96. The van der Waals surface area contributed by atoms with E-state index in [1.807, 2.05) is 30.3 Å². The standard InChI is InChI=1S/C16H16BrClO2/c1-19-15-8-4-7-13(16(15)20-2)14(18)10-11-5-3-6-12(17)9-11/h3-9,14H,10H2,1-2H3. The van der Waals surface area contributed by atoms with Crippen LogP contribution in [0.25, 0.3) is 0 Å². The fourth-order valence-electron chi connectivity index (χ4n) is 2.14. The van der Waals surface area contributed by atoms with Crippen molar-refractivity contribution < 1.29 is 9.47 Å². The summed E-state index contributed by atoms with van der Waals surface area (Å²) in [6, 6.07) is 13.9. The van der Waals surface area contributed by atoms with Crippen molar-refractivity contribution in [2.45, 2.75) is 11.8 Å². The molecular weight excluding hydrogens is 340 g/mol. The summed E-state index contributed by atoms with van der Waals surface area (Å²) in [5.74, 6) is 1.40. The normalized spacial score (nSPS) is 12.0. The number of methoxy groups -OCH3 is 2. The second kappa shape index (κ2) is 7.00. The van der Waals surface area contributed by atoms with Crippen molar-refractivity contribution in [3.05, 3.63) is 58.1 Å². The maximum Gasteiger partial charge on any atom is 0.165 e. The lowest BCUT2D eigenvalue weighted by Crippen LogP contribution is -2.01. The molecule has 0 saturated carbocycles. The molecule has 2 nitrogen and oxygen atoms in total. The highest BCUT2D eigenvalue weighted by Crippen LogP contribution is 2.38. The summed E-state index contributed by atoms with van der Waals surface area (Å²) in [4.78, 5) is 0. The molecule has 0 aliphatic heterocycles. The summed E-state index contributed by atoms with van der Waals surface area (Å²) < 4.78 is 11.8. The molecule has 0 radical (unpaired) electrons. The molecule has 0 bridgehead atoms. The maximum absolute atomic E-state index is 6.56.